The lowest BCUT2D eigenvalue weighted by molar-refractivity contribution is 0.178. The van der Waals surface area contributed by atoms with Gasteiger partial charge in [0.1, 0.15) is 18.2 Å². The Balaban J connectivity index is 2.17. The van der Waals surface area contributed by atoms with Crippen molar-refractivity contribution in [2.24, 2.45) is 5.84 Å². The highest BCUT2D eigenvalue weighted by molar-refractivity contribution is 9.10. The molecule has 0 saturated heterocycles. The van der Waals surface area contributed by atoms with E-state index in [2.05, 4.69) is 55.7 Å². The van der Waals surface area contributed by atoms with Crippen LogP contribution in [-0.2, 0) is 11.3 Å². The number of anilines is 2. The Morgan fingerprint density at radius 2 is 1.90 bits per heavy atom. The van der Waals surface area contributed by atoms with Crippen molar-refractivity contribution in [1.29, 1.82) is 0 Å². The third kappa shape index (κ3) is 4.38. The predicted molar refractivity (Wildman–Crippen MR) is 86.7 cm³/mol. The van der Waals surface area contributed by atoms with Crippen LogP contribution in [-0.4, -0.2) is 17.1 Å². The number of benzene rings is 1. The minimum atomic E-state index is 0.106. The molecular formula is C14H18BrN5O. The number of hydrogen-bond acceptors (Lipinski definition) is 6. The van der Waals surface area contributed by atoms with E-state index in [0.717, 1.165) is 10.0 Å². The number of ether oxygens (including phenoxy) is 1. The average molecular weight is 352 g/mol. The third-order valence-corrected chi connectivity index (χ3v) is 3.46. The van der Waals surface area contributed by atoms with Gasteiger partial charge in [0, 0.05) is 23.7 Å². The van der Waals surface area contributed by atoms with Gasteiger partial charge in [0.15, 0.2) is 5.82 Å². The normalized spacial score (nSPS) is 12.0. The van der Waals surface area contributed by atoms with Gasteiger partial charge in [-0.1, -0.05) is 28.1 Å². The van der Waals surface area contributed by atoms with Crippen LogP contribution < -0.4 is 16.6 Å². The molecule has 6 nitrogen and oxygen atoms in total. The minimum absolute atomic E-state index is 0.106. The lowest BCUT2D eigenvalue weighted by Gasteiger charge is -2.16. The molecule has 2 rings (SSSR count). The maximum absolute atomic E-state index is 5.43. The van der Waals surface area contributed by atoms with Crippen molar-refractivity contribution in [2.75, 3.05) is 17.9 Å². The number of halogens is 1. The summed E-state index contributed by atoms with van der Waals surface area (Å²) in [6.07, 6.45) is 0. The molecule has 0 radical (unpaired) electrons. The molecule has 1 aromatic heterocycles. The summed E-state index contributed by atoms with van der Waals surface area (Å²) in [4.78, 5) is 8.62. The van der Waals surface area contributed by atoms with Crippen molar-refractivity contribution in [3.05, 3.63) is 46.2 Å². The Kier molecular flexibility index (Phi) is 5.49. The second-order valence-corrected chi connectivity index (χ2v) is 5.47. The lowest BCUT2D eigenvalue weighted by atomic mass is 10.1. The molecule has 0 amide bonds. The molecule has 0 bridgehead atoms. The molecule has 4 N–H and O–H groups in total. The van der Waals surface area contributed by atoms with E-state index in [1.165, 1.54) is 0 Å². The summed E-state index contributed by atoms with van der Waals surface area (Å²) >= 11 is 3.43. The number of nitrogens with zero attached hydrogens (tertiary/aromatic N) is 2. The van der Waals surface area contributed by atoms with Crippen molar-refractivity contribution >= 4 is 27.6 Å². The first-order valence-electron chi connectivity index (χ1n) is 6.48. The summed E-state index contributed by atoms with van der Waals surface area (Å²) in [6.45, 7) is 2.40. The molecule has 112 valence electrons. The number of rotatable bonds is 6. The smallest absolute Gasteiger partial charge is 0.158 e. The molecule has 1 atom stereocenters. The molecule has 21 heavy (non-hydrogen) atoms. The zero-order chi connectivity index (χ0) is 15.2. The molecule has 2 aromatic rings. The second kappa shape index (κ2) is 7.35. The molecular weight excluding hydrogens is 334 g/mol. The number of nitrogens with one attached hydrogen (secondary N) is 2. The molecule has 0 saturated carbocycles. The molecule has 1 aromatic carbocycles. The summed E-state index contributed by atoms with van der Waals surface area (Å²) in [6, 6.07) is 10.00. The van der Waals surface area contributed by atoms with Crippen molar-refractivity contribution < 1.29 is 4.74 Å². The molecule has 1 heterocycles. The van der Waals surface area contributed by atoms with E-state index in [1.54, 1.807) is 13.2 Å². The minimum Gasteiger partial charge on any atom is -0.377 e. The standard InChI is InChI=1S/C14H18BrN5O/c1-9(10-3-5-11(15)6-4-10)17-12-7-13(20-16)19-14(18-12)8-21-2/h3-7,9H,8,16H2,1-2H3,(H2,17,18,19,20). The lowest BCUT2D eigenvalue weighted by Crippen LogP contribution is -2.14. The molecule has 0 spiro atoms. The number of aromatic nitrogens is 2. The molecule has 7 heteroatoms. The van der Waals surface area contributed by atoms with Crippen molar-refractivity contribution in [3.8, 4) is 0 Å². The van der Waals surface area contributed by atoms with E-state index in [9.17, 15) is 0 Å². The van der Waals surface area contributed by atoms with E-state index in [0.29, 0.717) is 24.1 Å². The molecule has 1 unspecified atom stereocenters. The van der Waals surface area contributed by atoms with Crippen LogP contribution in [0.15, 0.2) is 34.8 Å². The van der Waals surface area contributed by atoms with Crippen molar-refractivity contribution in [1.82, 2.24) is 9.97 Å². The second-order valence-electron chi connectivity index (χ2n) is 4.55. The Morgan fingerprint density at radius 1 is 1.24 bits per heavy atom. The highest BCUT2D eigenvalue weighted by Gasteiger charge is 2.09. The van der Waals surface area contributed by atoms with Crippen LogP contribution in [0.2, 0.25) is 0 Å². The van der Waals surface area contributed by atoms with Crippen molar-refractivity contribution in [2.45, 2.75) is 19.6 Å². The van der Waals surface area contributed by atoms with Gasteiger partial charge in [-0.2, -0.15) is 0 Å². The van der Waals surface area contributed by atoms with Gasteiger partial charge in [0.2, 0.25) is 0 Å². The number of hydrogen-bond donors (Lipinski definition) is 3. The van der Waals surface area contributed by atoms with E-state index >= 15 is 0 Å². The average Bonchev–Trinajstić information content (AvgIpc) is 2.48. The largest absolute Gasteiger partial charge is 0.377 e. The fourth-order valence-corrected chi connectivity index (χ4v) is 2.16. The first kappa shape index (κ1) is 15.7. The Labute approximate surface area is 132 Å². The summed E-state index contributed by atoms with van der Waals surface area (Å²) in [5.41, 5.74) is 3.69. The van der Waals surface area contributed by atoms with Crippen LogP contribution in [0.1, 0.15) is 24.4 Å². The van der Waals surface area contributed by atoms with Gasteiger partial charge in [-0.05, 0) is 24.6 Å². The van der Waals surface area contributed by atoms with Gasteiger partial charge in [-0.3, -0.25) is 0 Å². The predicted octanol–water partition coefficient (Wildman–Crippen LogP) is 2.84. The third-order valence-electron chi connectivity index (χ3n) is 2.93. The highest BCUT2D eigenvalue weighted by atomic mass is 79.9. The topological polar surface area (TPSA) is 85.1 Å². The maximum atomic E-state index is 5.43. The van der Waals surface area contributed by atoms with E-state index in [1.807, 2.05) is 12.1 Å². The number of hydrazine groups is 1. The fraction of sp³-hybridized carbons (Fsp3) is 0.286. The van der Waals surface area contributed by atoms with E-state index in [-0.39, 0.29) is 6.04 Å². The van der Waals surface area contributed by atoms with Crippen LogP contribution in [0.5, 0.6) is 0 Å². The SMILES string of the molecule is COCc1nc(NN)cc(NC(C)c2ccc(Br)cc2)n1. The maximum Gasteiger partial charge on any atom is 0.158 e. The van der Waals surface area contributed by atoms with Crippen LogP contribution in [0.4, 0.5) is 11.6 Å². The number of nitrogen functional groups attached to an aromatic ring is 1. The summed E-state index contributed by atoms with van der Waals surface area (Å²) in [5.74, 6) is 7.24. The Morgan fingerprint density at radius 3 is 2.52 bits per heavy atom. The Hall–Kier alpha value is -1.70. The first-order valence-corrected chi connectivity index (χ1v) is 7.27. The fourth-order valence-electron chi connectivity index (χ4n) is 1.90. The van der Waals surface area contributed by atoms with E-state index < -0.39 is 0 Å². The van der Waals surface area contributed by atoms with Crippen LogP contribution >= 0.6 is 15.9 Å². The molecule has 0 aliphatic heterocycles. The van der Waals surface area contributed by atoms with Crippen LogP contribution in [0, 0.1) is 0 Å². The number of nitrogens with two attached hydrogens (primary N) is 1. The molecule has 0 fully saturated rings. The van der Waals surface area contributed by atoms with Crippen LogP contribution in [0.25, 0.3) is 0 Å². The zero-order valence-corrected chi connectivity index (χ0v) is 13.5. The zero-order valence-electron chi connectivity index (χ0n) is 11.9. The van der Waals surface area contributed by atoms with Crippen molar-refractivity contribution in [3.63, 3.8) is 0 Å². The first-order chi connectivity index (χ1) is 10.1. The van der Waals surface area contributed by atoms with Gasteiger partial charge in [0.25, 0.3) is 0 Å². The Bertz CT molecular complexity index is 590. The van der Waals surface area contributed by atoms with E-state index in [4.69, 9.17) is 10.6 Å². The van der Waals surface area contributed by atoms with Gasteiger partial charge in [-0.15, -0.1) is 0 Å². The molecule has 0 aliphatic carbocycles. The molecule has 0 aliphatic rings. The highest BCUT2D eigenvalue weighted by Crippen LogP contribution is 2.21. The quantitative estimate of drug-likeness (QED) is 0.548. The van der Waals surface area contributed by atoms with Gasteiger partial charge < -0.3 is 15.5 Å². The summed E-state index contributed by atoms with van der Waals surface area (Å²) in [7, 11) is 1.60. The monoisotopic (exact) mass is 351 g/mol. The van der Waals surface area contributed by atoms with Gasteiger partial charge in [-0.25, -0.2) is 15.8 Å². The van der Waals surface area contributed by atoms with Crippen LogP contribution in [0.3, 0.4) is 0 Å². The summed E-state index contributed by atoms with van der Waals surface area (Å²) in [5, 5.41) is 3.33. The summed E-state index contributed by atoms with van der Waals surface area (Å²) < 4.78 is 6.11. The van der Waals surface area contributed by atoms with Gasteiger partial charge >= 0.3 is 0 Å². The number of methoxy groups -OCH3 is 1. The van der Waals surface area contributed by atoms with Gasteiger partial charge in [0.05, 0.1) is 0 Å².